The minimum atomic E-state index is 0.874. The van der Waals surface area contributed by atoms with Crippen LogP contribution in [0.2, 0.25) is 0 Å². The summed E-state index contributed by atoms with van der Waals surface area (Å²) < 4.78 is 0. The first-order chi connectivity index (χ1) is 12.3. The lowest BCUT2D eigenvalue weighted by atomic mass is 10.1. The van der Waals surface area contributed by atoms with Crippen molar-refractivity contribution in [2.45, 2.75) is 13.8 Å². The summed E-state index contributed by atoms with van der Waals surface area (Å²) in [7, 11) is 1.97. The first-order valence-electron chi connectivity index (χ1n) is 8.45. The van der Waals surface area contributed by atoms with Crippen molar-refractivity contribution in [1.82, 2.24) is 4.90 Å². The average molecular weight is 345 g/mol. The Bertz CT molecular complexity index is 790. The van der Waals surface area contributed by atoms with Crippen molar-refractivity contribution in [3.05, 3.63) is 97.4 Å². The maximum atomic E-state index is 4.25. The van der Waals surface area contributed by atoms with E-state index in [1.54, 1.807) is 0 Å². The van der Waals surface area contributed by atoms with Gasteiger partial charge in [0.2, 0.25) is 0 Å². The van der Waals surface area contributed by atoms with Crippen LogP contribution in [0.15, 0.2) is 86.2 Å². The van der Waals surface area contributed by atoms with Crippen LogP contribution < -0.4 is 10.6 Å². The Balaban J connectivity index is 2.21. The van der Waals surface area contributed by atoms with E-state index in [1.807, 2.05) is 62.2 Å². The normalized spacial score (nSPS) is 9.96. The second-order valence-electron chi connectivity index (χ2n) is 6.42. The minimum absolute atomic E-state index is 0.874. The van der Waals surface area contributed by atoms with Gasteiger partial charge in [-0.15, -0.1) is 0 Å². The molecule has 0 bridgehead atoms. The maximum Gasteiger partial charge on any atom is 0.0409 e. The van der Waals surface area contributed by atoms with Crippen LogP contribution in [0.25, 0.3) is 11.4 Å². The third-order valence-electron chi connectivity index (χ3n) is 3.92. The molecule has 0 aliphatic carbocycles. The van der Waals surface area contributed by atoms with Gasteiger partial charge in [-0.05, 0) is 49.2 Å². The van der Waals surface area contributed by atoms with Crippen LogP contribution in [0, 0.1) is 0 Å². The van der Waals surface area contributed by atoms with E-state index in [2.05, 4.69) is 49.1 Å². The van der Waals surface area contributed by atoms with Crippen molar-refractivity contribution in [2.24, 2.45) is 0 Å². The van der Waals surface area contributed by atoms with Gasteiger partial charge in [-0.1, -0.05) is 50.6 Å². The van der Waals surface area contributed by atoms with Gasteiger partial charge >= 0.3 is 0 Å². The molecule has 0 fully saturated rings. The Kier molecular flexibility index (Phi) is 6.07. The lowest BCUT2D eigenvalue weighted by molar-refractivity contribution is 0.688. The predicted molar refractivity (Wildman–Crippen MR) is 116 cm³/mol. The molecule has 2 aromatic carbocycles. The topological polar surface area (TPSA) is 27.3 Å². The number of rotatable bonds is 8. The Morgan fingerprint density at radius 1 is 0.731 bits per heavy atom. The summed E-state index contributed by atoms with van der Waals surface area (Å²) in [6.45, 7) is 20.1. The third kappa shape index (κ3) is 4.90. The van der Waals surface area contributed by atoms with Gasteiger partial charge < -0.3 is 15.5 Å². The largest absolute Gasteiger partial charge is 0.360 e. The van der Waals surface area contributed by atoms with Gasteiger partial charge in [-0.25, -0.2) is 0 Å². The highest BCUT2D eigenvalue weighted by Gasteiger charge is 2.11. The molecule has 0 unspecified atom stereocenters. The Morgan fingerprint density at radius 3 is 1.46 bits per heavy atom. The second kappa shape index (κ2) is 8.26. The average Bonchev–Trinajstić information content (AvgIpc) is 2.59. The number of benzene rings is 2. The van der Waals surface area contributed by atoms with Crippen molar-refractivity contribution in [3.63, 3.8) is 0 Å². The Hall–Kier alpha value is -3.20. The minimum Gasteiger partial charge on any atom is -0.360 e. The molecule has 0 amide bonds. The van der Waals surface area contributed by atoms with E-state index in [1.165, 1.54) is 0 Å². The molecule has 0 saturated carbocycles. The molecule has 0 atom stereocenters. The van der Waals surface area contributed by atoms with Gasteiger partial charge in [0.05, 0.1) is 0 Å². The number of nitrogens with one attached hydrogen (secondary N) is 2. The smallest absolute Gasteiger partial charge is 0.0409 e. The third-order valence-corrected chi connectivity index (χ3v) is 3.92. The summed E-state index contributed by atoms with van der Waals surface area (Å²) in [5, 5.41) is 6.46. The van der Waals surface area contributed by atoms with Crippen LogP contribution in [-0.2, 0) is 0 Å². The van der Waals surface area contributed by atoms with Crippen molar-refractivity contribution < 1.29 is 0 Å². The number of allylic oxidation sites excluding steroid dienone is 2. The summed E-state index contributed by atoms with van der Waals surface area (Å²) in [5.41, 5.74) is 7.56. The van der Waals surface area contributed by atoms with Gasteiger partial charge in [0.15, 0.2) is 0 Å². The van der Waals surface area contributed by atoms with Crippen LogP contribution in [0.3, 0.4) is 0 Å². The summed E-state index contributed by atoms with van der Waals surface area (Å²) in [4.78, 5) is 2.00. The van der Waals surface area contributed by atoms with Gasteiger partial charge in [0, 0.05) is 41.2 Å². The summed E-state index contributed by atoms with van der Waals surface area (Å²) in [6, 6.07) is 16.2. The van der Waals surface area contributed by atoms with E-state index in [4.69, 9.17) is 0 Å². The summed E-state index contributed by atoms with van der Waals surface area (Å²) in [6.07, 6.45) is 0. The molecule has 0 saturated heterocycles. The molecule has 134 valence electrons. The van der Waals surface area contributed by atoms with Gasteiger partial charge in [-0.3, -0.25) is 0 Å². The Labute approximate surface area is 157 Å². The predicted octanol–water partition coefficient (Wildman–Crippen LogP) is 6.15. The molecule has 0 radical (unpaired) electrons. The molecule has 2 N–H and O–H groups in total. The number of hydrogen-bond acceptors (Lipinski definition) is 3. The highest BCUT2D eigenvalue weighted by Crippen LogP contribution is 2.28. The number of hydrogen-bond donors (Lipinski definition) is 2. The monoisotopic (exact) mass is 345 g/mol. The zero-order chi connectivity index (χ0) is 19.3. The fourth-order valence-electron chi connectivity index (χ4n) is 2.60. The molecule has 3 heteroatoms. The van der Waals surface area contributed by atoms with E-state index >= 15 is 0 Å². The molecule has 0 aliphatic rings. The molecule has 0 heterocycles. The molecule has 2 rings (SSSR count). The van der Waals surface area contributed by atoms with Crippen LogP contribution in [-0.4, -0.2) is 11.9 Å². The Morgan fingerprint density at radius 2 is 1.12 bits per heavy atom. The van der Waals surface area contributed by atoms with E-state index in [-0.39, 0.29) is 0 Å². The zero-order valence-electron chi connectivity index (χ0n) is 15.9. The van der Waals surface area contributed by atoms with E-state index < -0.39 is 0 Å². The standard InChI is InChI=1S/C23H27N3/c1-16(2)24-22-12-8-10-20(14-22)18(5)26(7)19(6)21-11-9-13-23(15-21)25-17(3)4/h8-15,24-25H,1,3,5-6H2,2,4,7H3. The van der Waals surface area contributed by atoms with Crippen molar-refractivity contribution >= 4 is 22.8 Å². The van der Waals surface area contributed by atoms with E-state index in [0.717, 1.165) is 45.3 Å². The first kappa shape index (κ1) is 19.1. The zero-order valence-corrected chi connectivity index (χ0v) is 15.9. The van der Waals surface area contributed by atoms with Crippen molar-refractivity contribution in [3.8, 4) is 0 Å². The molecular formula is C23H27N3. The fraction of sp³-hybridized carbons (Fsp3) is 0.130. The van der Waals surface area contributed by atoms with Crippen LogP contribution >= 0.6 is 0 Å². The maximum absolute atomic E-state index is 4.25. The number of nitrogens with zero attached hydrogens (tertiary/aromatic N) is 1. The highest BCUT2D eigenvalue weighted by molar-refractivity contribution is 5.77. The van der Waals surface area contributed by atoms with E-state index in [0.29, 0.717) is 0 Å². The van der Waals surface area contributed by atoms with E-state index in [9.17, 15) is 0 Å². The van der Waals surface area contributed by atoms with Crippen molar-refractivity contribution in [1.29, 1.82) is 0 Å². The van der Waals surface area contributed by atoms with Crippen LogP contribution in [0.5, 0.6) is 0 Å². The first-order valence-corrected chi connectivity index (χ1v) is 8.45. The molecule has 26 heavy (non-hydrogen) atoms. The quantitative estimate of drug-likeness (QED) is 0.601. The molecule has 0 spiro atoms. The van der Waals surface area contributed by atoms with Gasteiger partial charge in [0.1, 0.15) is 0 Å². The summed E-state index contributed by atoms with van der Waals surface area (Å²) >= 11 is 0. The van der Waals surface area contributed by atoms with Crippen LogP contribution in [0.4, 0.5) is 11.4 Å². The molecule has 0 aliphatic heterocycles. The summed E-state index contributed by atoms with van der Waals surface area (Å²) in [5.74, 6) is 0. The molecule has 0 aromatic heterocycles. The highest BCUT2D eigenvalue weighted by atomic mass is 15.1. The second-order valence-corrected chi connectivity index (χ2v) is 6.42. The molecular weight excluding hydrogens is 318 g/mol. The van der Waals surface area contributed by atoms with Gasteiger partial charge in [-0.2, -0.15) is 0 Å². The lowest BCUT2D eigenvalue weighted by Gasteiger charge is -2.25. The van der Waals surface area contributed by atoms with Gasteiger partial charge in [0.25, 0.3) is 0 Å². The molecule has 3 nitrogen and oxygen atoms in total. The number of anilines is 2. The molecule has 2 aromatic rings. The fourth-order valence-corrected chi connectivity index (χ4v) is 2.60. The van der Waals surface area contributed by atoms with Crippen LogP contribution in [0.1, 0.15) is 25.0 Å². The lowest BCUT2D eigenvalue weighted by Crippen LogP contribution is -2.14. The van der Waals surface area contributed by atoms with Crippen molar-refractivity contribution in [2.75, 3.05) is 17.7 Å². The SMILES string of the molecule is C=C(C)Nc1cccc(C(=C)N(C)C(=C)c2cccc(NC(=C)C)c2)c1.